The zero-order valence-corrected chi connectivity index (χ0v) is 7.30. The zero-order chi connectivity index (χ0) is 8.10. The standard InChI is InChI=1S/C8H11ClN2/c1-2-3-4-7-8(9)11-6-5-10-7/h5-6H,2-4H2,1H3. The second-order valence-corrected chi connectivity index (χ2v) is 2.76. The van der Waals surface area contributed by atoms with Gasteiger partial charge in [0, 0.05) is 12.4 Å². The number of aromatic nitrogens is 2. The molecule has 2 nitrogen and oxygen atoms in total. The van der Waals surface area contributed by atoms with E-state index >= 15 is 0 Å². The zero-order valence-electron chi connectivity index (χ0n) is 6.55. The highest BCUT2D eigenvalue weighted by atomic mass is 35.5. The third-order valence-electron chi connectivity index (χ3n) is 1.49. The Labute approximate surface area is 71.6 Å². The van der Waals surface area contributed by atoms with Crippen LogP contribution in [0.5, 0.6) is 0 Å². The smallest absolute Gasteiger partial charge is 0.150 e. The summed E-state index contributed by atoms with van der Waals surface area (Å²) in [5, 5.41) is 0.543. The van der Waals surface area contributed by atoms with Crippen molar-refractivity contribution in [1.82, 2.24) is 9.97 Å². The molecule has 0 saturated carbocycles. The van der Waals surface area contributed by atoms with Gasteiger partial charge in [0.2, 0.25) is 0 Å². The average molecular weight is 171 g/mol. The summed E-state index contributed by atoms with van der Waals surface area (Å²) in [7, 11) is 0. The van der Waals surface area contributed by atoms with Crippen LogP contribution in [0.15, 0.2) is 12.4 Å². The highest BCUT2D eigenvalue weighted by molar-refractivity contribution is 6.29. The first kappa shape index (κ1) is 8.47. The van der Waals surface area contributed by atoms with Crippen molar-refractivity contribution in [3.05, 3.63) is 23.2 Å². The molecule has 0 spiro atoms. The molecule has 0 radical (unpaired) electrons. The Morgan fingerprint density at radius 2 is 2.09 bits per heavy atom. The van der Waals surface area contributed by atoms with E-state index in [-0.39, 0.29) is 0 Å². The SMILES string of the molecule is CCCCc1nccnc1Cl. The molecule has 0 saturated heterocycles. The number of rotatable bonds is 3. The number of aryl methyl sites for hydroxylation is 1. The van der Waals surface area contributed by atoms with Gasteiger partial charge in [-0.15, -0.1) is 0 Å². The summed E-state index contributed by atoms with van der Waals surface area (Å²) in [6.07, 6.45) is 6.50. The van der Waals surface area contributed by atoms with Crippen molar-refractivity contribution in [2.24, 2.45) is 0 Å². The van der Waals surface area contributed by atoms with E-state index in [2.05, 4.69) is 16.9 Å². The molecule has 11 heavy (non-hydrogen) atoms. The fraction of sp³-hybridized carbons (Fsp3) is 0.500. The van der Waals surface area contributed by atoms with Gasteiger partial charge in [-0.2, -0.15) is 0 Å². The maximum atomic E-state index is 5.79. The van der Waals surface area contributed by atoms with Crippen molar-refractivity contribution < 1.29 is 0 Å². The van der Waals surface area contributed by atoms with E-state index in [1.807, 2.05) is 0 Å². The molecule has 0 aromatic carbocycles. The van der Waals surface area contributed by atoms with E-state index in [1.54, 1.807) is 12.4 Å². The first-order chi connectivity index (χ1) is 5.34. The van der Waals surface area contributed by atoms with Gasteiger partial charge in [0.1, 0.15) is 5.15 Å². The molecule has 1 rings (SSSR count). The van der Waals surface area contributed by atoms with Crippen molar-refractivity contribution in [3.8, 4) is 0 Å². The van der Waals surface area contributed by atoms with Gasteiger partial charge >= 0.3 is 0 Å². The van der Waals surface area contributed by atoms with Crippen LogP contribution in [0.25, 0.3) is 0 Å². The molecule has 1 aromatic heterocycles. The molecule has 1 heterocycles. The summed E-state index contributed by atoms with van der Waals surface area (Å²) in [5.41, 5.74) is 0.913. The van der Waals surface area contributed by atoms with Gasteiger partial charge in [0.15, 0.2) is 0 Å². The predicted molar refractivity (Wildman–Crippen MR) is 45.7 cm³/mol. The topological polar surface area (TPSA) is 25.8 Å². The third kappa shape index (κ3) is 2.46. The lowest BCUT2D eigenvalue weighted by Gasteiger charge is -1.98. The summed E-state index contributed by atoms with van der Waals surface area (Å²) in [4.78, 5) is 8.06. The Morgan fingerprint density at radius 3 is 2.73 bits per heavy atom. The van der Waals surface area contributed by atoms with E-state index in [9.17, 15) is 0 Å². The summed E-state index contributed by atoms with van der Waals surface area (Å²) in [5.74, 6) is 0. The number of hydrogen-bond acceptors (Lipinski definition) is 2. The summed E-state index contributed by atoms with van der Waals surface area (Å²) in [6.45, 7) is 2.14. The van der Waals surface area contributed by atoms with Crippen LogP contribution in [0.4, 0.5) is 0 Å². The lowest BCUT2D eigenvalue weighted by atomic mass is 10.2. The minimum atomic E-state index is 0.543. The highest BCUT2D eigenvalue weighted by Gasteiger charge is 1.99. The summed E-state index contributed by atoms with van der Waals surface area (Å²) in [6, 6.07) is 0. The molecule has 3 heteroatoms. The first-order valence-corrected chi connectivity index (χ1v) is 4.17. The molecule has 1 aromatic rings. The maximum absolute atomic E-state index is 5.79. The van der Waals surface area contributed by atoms with Crippen LogP contribution in [0, 0.1) is 0 Å². The van der Waals surface area contributed by atoms with Gasteiger partial charge in [0.05, 0.1) is 5.69 Å². The van der Waals surface area contributed by atoms with Gasteiger partial charge in [0.25, 0.3) is 0 Å². The lowest BCUT2D eigenvalue weighted by Crippen LogP contribution is -1.92. The lowest BCUT2D eigenvalue weighted by molar-refractivity contribution is 0.772. The quantitative estimate of drug-likeness (QED) is 0.697. The molecular formula is C8H11ClN2. The molecule has 0 aliphatic rings. The number of nitrogens with zero attached hydrogens (tertiary/aromatic N) is 2. The molecule has 0 atom stereocenters. The van der Waals surface area contributed by atoms with E-state index < -0.39 is 0 Å². The minimum Gasteiger partial charge on any atom is -0.256 e. The van der Waals surface area contributed by atoms with Gasteiger partial charge in [-0.3, -0.25) is 4.98 Å². The fourth-order valence-electron chi connectivity index (χ4n) is 0.862. The molecule has 0 aliphatic heterocycles. The molecule has 0 amide bonds. The Kier molecular flexibility index (Phi) is 3.30. The van der Waals surface area contributed by atoms with Gasteiger partial charge in [-0.25, -0.2) is 4.98 Å². The second kappa shape index (κ2) is 4.29. The van der Waals surface area contributed by atoms with Gasteiger partial charge in [-0.1, -0.05) is 24.9 Å². The van der Waals surface area contributed by atoms with E-state index in [0.717, 1.165) is 25.0 Å². The molecule has 0 aliphatic carbocycles. The number of unbranched alkanes of at least 4 members (excludes halogenated alkanes) is 1. The molecule has 0 fully saturated rings. The summed E-state index contributed by atoms with van der Waals surface area (Å²) >= 11 is 5.79. The van der Waals surface area contributed by atoms with Crippen LogP contribution in [-0.2, 0) is 6.42 Å². The Morgan fingerprint density at radius 1 is 1.36 bits per heavy atom. The third-order valence-corrected chi connectivity index (χ3v) is 1.81. The molecular weight excluding hydrogens is 160 g/mol. The van der Waals surface area contributed by atoms with Crippen LogP contribution < -0.4 is 0 Å². The van der Waals surface area contributed by atoms with Crippen LogP contribution in [0.1, 0.15) is 25.5 Å². The van der Waals surface area contributed by atoms with Crippen LogP contribution >= 0.6 is 11.6 Å². The van der Waals surface area contributed by atoms with Crippen molar-refractivity contribution >= 4 is 11.6 Å². The van der Waals surface area contributed by atoms with E-state index in [0.29, 0.717) is 5.15 Å². The molecule has 60 valence electrons. The van der Waals surface area contributed by atoms with Crippen molar-refractivity contribution in [2.75, 3.05) is 0 Å². The maximum Gasteiger partial charge on any atom is 0.150 e. The van der Waals surface area contributed by atoms with Crippen molar-refractivity contribution in [1.29, 1.82) is 0 Å². The first-order valence-electron chi connectivity index (χ1n) is 3.80. The van der Waals surface area contributed by atoms with Crippen molar-refractivity contribution in [3.63, 3.8) is 0 Å². The number of hydrogen-bond donors (Lipinski definition) is 0. The Hall–Kier alpha value is -0.630. The predicted octanol–water partition coefficient (Wildman–Crippen LogP) is 2.47. The highest BCUT2D eigenvalue weighted by Crippen LogP contribution is 2.10. The van der Waals surface area contributed by atoms with Crippen LogP contribution in [-0.4, -0.2) is 9.97 Å². The monoisotopic (exact) mass is 170 g/mol. The second-order valence-electron chi connectivity index (χ2n) is 2.40. The van der Waals surface area contributed by atoms with E-state index in [4.69, 9.17) is 11.6 Å². The molecule has 0 unspecified atom stereocenters. The van der Waals surface area contributed by atoms with Crippen LogP contribution in [0.2, 0.25) is 5.15 Å². The molecule has 0 N–H and O–H groups in total. The Bertz CT molecular complexity index is 225. The van der Waals surface area contributed by atoms with Crippen LogP contribution in [0.3, 0.4) is 0 Å². The van der Waals surface area contributed by atoms with Gasteiger partial charge < -0.3 is 0 Å². The summed E-state index contributed by atoms with van der Waals surface area (Å²) < 4.78 is 0. The fourth-order valence-corrected chi connectivity index (χ4v) is 1.06. The van der Waals surface area contributed by atoms with E-state index in [1.165, 1.54) is 0 Å². The Balaban J connectivity index is 2.62. The van der Waals surface area contributed by atoms with Gasteiger partial charge in [-0.05, 0) is 12.8 Å². The minimum absolute atomic E-state index is 0.543. The normalized spacial score (nSPS) is 10.0. The largest absolute Gasteiger partial charge is 0.256 e. The number of halogens is 1. The average Bonchev–Trinajstić information content (AvgIpc) is 2.03. The molecule has 0 bridgehead atoms. The van der Waals surface area contributed by atoms with Crippen molar-refractivity contribution in [2.45, 2.75) is 26.2 Å².